The topological polar surface area (TPSA) is 55.0 Å². The van der Waals surface area contributed by atoms with E-state index >= 15 is 0 Å². The van der Waals surface area contributed by atoms with E-state index in [1.54, 1.807) is 12.4 Å². The zero-order valence-corrected chi connectivity index (χ0v) is 9.57. The van der Waals surface area contributed by atoms with Crippen LogP contribution >= 0.6 is 0 Å². The summed E-state index contributed by atoms with van der Waals surface area (Å²) in [5, 5.41) is 0. The first-order chi connectivity index (χ1) is 6.95. The van der Waals surface area contributed by atoms with Crippen molar-refractivity contribution in [1.29, 1.82) is 0 Å². The van der Waals surface area contributed by atoms with Crippen LogP contribution in [0.1, 0.15) is 20.8 Å². The lowest BCUT2D eigenvalue weighted by atomic mass is 10.1. The third-order valence-electron chi connectivity index (χ3n) is 2.06. The average molecular weight is 206 g/mol. The van der Waals surface area contributed by atoms with Gasteiger partial charge in [0.15, 0.2) is 0 Å². The number of nitrogen functional groups attached to an aromatic ring is 1. The highest BCUT2D eigenvalue weighted by Crippen LogP contribution is 2.20. The van der Waals surface area contributed by atoms with Gasteiger partial charge in [-0.25, -0.2) is 9.97 Å². The minimum Gasteiger partial charge on any atom is -0.382 e. The maximum Gasteiger partial charge on any atom is 0.147 e. The molecule has 0 saturated carbocycles. The molecule has 1 aromatic rings. The Balaban J connectivity index is 2.99. The molecule has 1 rings (SSSR count). The number of anilines is 2. The molecule has 0 unspecified atom stereocenters. The van der Waals surface area contributed by atoms with E-state index in [0.717, 1.165) is 12.4 Å². The molecule has 0 atom stereocenters. The number of aromatic nitrogens is 2. The van der Waals surface area contributed by atoms with Crippen LogP contribution < -0.4 is 10.6 Å². The lowest BCUT2D eigenvalue weighted by molar-refractivity contribution is 0.517. The molecule has 0 saturated heterocycles. The van der Waals surface area contributed by atoms with Gasteiger partial charge in [-0.2, -0.15) is 0 Å². The fraction of sp³-hybridized carbons (Fsp3) is 0.455. The van der Waals surface area contributed by atoms with Crippen molar-refractivity contribution in [2.45, 2.75) is 26.3 Å². The molecule has 0 bridgehead atoms. The Morgan fingerprint density at radius 3 is 2.47 bits per heavy atom. The van der Waals surface area contributed by atoms with E-state index in [-0.39, 0.29) is 5.54 Å². The predicted molar refractivity (Wildman–Crippen MR) is 63.7 cm³/mol. The molecule has 1 aromatic heterocycles. The first-order valence-corrected chi connectivity index (χ1v) is 4.91. The van der Waals surface area contributed by atoms with Crippen molar-refractivity contribution in [2.24, 2.45) is 0 Å². The summed E-state index contributed by atoms with van der Waals surface area (Å²) in [5.41, 5.74) is 5.48. The van der Waals surface area contributed by atoms with Gasteiger partial charge < -0.3 is 10.6 Å². The lowest BCUT2D eigenvalue weighted by Gasteiger charge is -2.35. The van der Waals surface area contributed by atoms with Crippen LogP contribution in [0.2, 0.25) is 0 Å². The molecule has 0 radical (unpaired) electrons. The summed E-state index contributed by atoms with van der Waals surface area (Å²) in [5.74, 6) is 1.25. The molecule has 1 heterocycles. The summed E-state index contributed by atoms with van der Waals surface area (Å²) in [6.45, 7) is 10.8. The number of nitrogens with two attached hydrogens (primary N) is 1. The zero-order valence-electron chi connectivity index (χ0n) is 9.57. The molecular formula is C11H18N4. The van der Waals surface area contributed by atoms with Gasteiger partial charge >= 0.3 is 0 Å². The van der Waals surface area contributed by atoms with E-state index < -0.39 is 0 Å². The summed E-state index contributed by atoms with van der Waals surface area (Å²) in [6, 6.07) is 0. The molecule has 0 amide bonds. The fourth-order valence-electron chi connectivity index (χ4n) is 1.31. The zero-order chi connectivity index (χ0) is 11.5. The Morgan fingerprint density at radius 1 is 1.40 bits per heavy atom. The standard InChI is InChI=1S/C11H18N4/c1-5-6-15(11(2,3)4)10-8-13-9(12)7-14-10/h5,7-8H,1,6H2,2-4H3,(H2,12,13). The molecule has 4 nitrogen and oxygen atoms in total. The molecule has 2 N–H and O–H groups in total. The summed E-state index contributed by atoms with van der Waals surface area (Å²) in [6.07, 6.45) is 5.10. The van der Waals surface area contributed by atoms with Gasteiger partial charge in [0.1, 0.15) is 11.6 Å². The average Bonchev–Trinajstić information content (AvgIpc) is 2.14. The fourth-order valence-corrected chi connectivity index (χ4v) is 1.31. The molecular weight excluding hydrogens is 188 g/mol. The van der Waals surface area contributed by atoms with Gasteiger partial charge in [-0.15, -0.1) is 6.58 Å². The quantitative estimate of drug-likeness (QED) is 0.767. The third kappa shape index (κ3) is 2.94. The largest absolute Gasteiger partial charge is 0.382 e. The van der Waals surface area contributed by atoms with Gasteiger partial charge in [0.25, 0.3) is 0 Å². The summed E-state index contributed by atoms with van der Waals surface area (Å²) in [7, 11) is 0. The van der Waals surface area contributed by atoms with Gasteiger partial charge in [-0.3, -0.25) is 0 Å². The second-order valence-electron chi connectivity index (χ2n) is 4.37. The first-order valence-electron chi connectivity index (χ1n) is 4.91. The van der Waals surface area contributed by atoms with Gasteiger partial charge in [-0.05, 0) is 20.8 Å². The maximum atomic E-state index is 5.50. The Hall–Kier alpha value is -1.58. The van der Waals surface area contributed by atoms with Crippen LogP contribution in [0.15, 0.2) is 25.0 Å². The summed E-state index contributed by atoms with van der Waals surface area (Å²) in [4.78, 5) is 10.4. The number of hydrogen-bond acceptors (Lipinski definition) is 4. The van der Waals surface area contributed by atoms with E-state index in [2.05, 4.69) is 42.2 Å². The lowest BCUT2D eigenvalue weighted by Crippen LogP contribution is -2.42. The maximum absolute atomic E-state index is 5.50. The van der Waals surface area contributed by atoms with Crippen LogP contribution in [-0.4, -0.2) is 22.1 Å². The minimum absolute atomic E-state index is 0.0149. The highest BCUT2D eigenvalue weighted by Gasteiger charge is 2.21. The highest BCUT2D eigenvalue weighted by molar-refractivity contribution is 5.42. The highest BCUT2D eigenvalue weighted by atomic mass is 15.2. The van der Waals surface area contributed by atoms with Crippen LogP contribution in [0.3, 0.4) is 0 Å². The molecule has 0 aromatic carbocycles. The van der Waals surface area contributed by atoms with Crippen molar-refractivity contribution in [2.75, 3.05) is 17.2 Å². The second kappa shape index (κ2) is 4.29. The van der Waals surface area contributed by atoms with E-state index in [1.807, 2.05) is 6.08 Å². The van der Waals surface area contributed by atoms with Crippen LogP contribution in [0, 0.1) is 0 Å². The minimum atomic E-state index is -0.0149. The number of rotatable bonds is 3. The Kier molecular flexibility index (Phi) is 3.29. The third-order valence-corrected chi connectivity index (χ3v) is 2.06. The molecule has 82 valence electrons. The number of hydrogen-bond donors (Lipinski definition) is 1. The molecule has 4 heteroatoms. The molecule has 0 aliphatic heterocycles. The monoisotopic (exact) mass is 206 g/mol. The number of nitrogens with zero attached hydrogens (tertiary/aromatic N) is 3. The van der Waals surface area contributed by atoms with Crippen LogP contribution in [0.25, 0.3) is 0 Å². The van der Waals surface area contributed by atoms with Crippen molar-refractivity contribution in [3.8, 4) is 0 Å². The normalized spacial score (nSPS) is 11.1. The summed E-state index contributed by atoms with van der Waals surface area (Å²) >= 11 is 0. The molecule has 0 spiro atoms. The van der Waals surface area contributed by atoms with E-state index in [1.165, 1.54) is 0 Å². The smallest absolute Gasteiger partial charge is 0.147 e. The van der Waals surface area contributed by atoms with E-state index in [4.69, 9.17) is 5.73 Å². The molecule has 0 fully saturated rings. The van der Waals surface area contributed by atoms with Gasteiger partial charge in [0.2, 0.25) is 0 Å². The molecule has 15 heavy (non-hydrogen) atoms. The van der Waals surface area contributed by atoms with Gasteiger partial charge in [-0.1, -0.05) is 6.08 Å². The Labute approximate surface area is 90.8 Å². The summed E-state index contributed by atoms with van der Waals surface area (Å²) < 4.78 is 0. The second-order valence-corrected chi connectivity index (χ2v) is 4.37. The van der Waals surface area contributed by atoms with Crippen molar-refractivity contribution in [1.82, 2.24) is 9.97 Å². The van der Waals surface area contributed by atoms with Crippen molar-refractivity contribution >= 4 is 11.6 Å². The first kappa shape index (κ1) is 11.5. The van der Waals surface area contributed by atoms with E-state index in [0.29, 0.717) is 5.82 Å². The van der Waals surface area contributed by atoms with Crippen molar-refractivity contribution in [3.05, 3.63) is 25.0 Å². The van der Waals surface area contributed by atoms with Gasteiger partial charge in [0.05, 0.1) is 12.4 Å². The predicted octanol–water partition coefficient (Wildman–Crippen LogP) is 1.85. The van der Waals surface area contributed by atoms with Crippen molar-refractivity contribution in [3.63, 3.8) is 0 Å². The molecule has 0 aliphatic rings. The molecule has 0 aliphatic carbocycles. The Morgan fingerprint density at radius 2 is 2.07 bits per heavy atom. The Bertz CT molecular complexity index is 323. The van der Waals surface area contributed by atoms with Crippen molar-refractivity contribution < 1.29 is 0 Å². The van der Waals surface area contributed by atoms with E-state index in [9.17, 15) is 0 Å². The van der Waals surface area contributed by atoms with Crippen LogP contribution in [0.5, 0.6) is 0 Å². The SMILES string of the molecule is C=CCN(c1cnc(N)cn1)C(C)(C)C. The van der Waals surface area contributed by atoms with Crippen LogP contribution in [0.4, 0.5) is 11.6 Å². The van der Waals surface area contributed by atoms with Crippen LogP contribution in [-0.2, 0) is 0 Å². The van der Waals surface area contributed by atoms with Gasteiger partial charge in [0, 0.05) is 12.1 Å².